The number of ether oxygens (including phenoxy) is 1. The lowest BCUT2D eigenvalue weighted by Crippen LogP contribution is -2.43. The van der Waals surface area contributed by atoms with Crippen LogP contribution >= 0.6 is 11.6 Å². The predicted molar refractivity (Wildman–Crippen MR) is 113 cm³/mol. The summed E-state index contributed by atoms with van der Waals surface area (Å²) in [6.45, 7) is 4.90. The third-order valence-electron chi connectivity index (χ3n) is 4.91. The number of amidine groups is 1. The minimum atomic E-state index is -3.78. The fourth-order valence-corrected chi connectivity index (χ4v) is 5.10. The Morgan fingerprint density at radius 2 is 1.93 bits per heavy atom. The van der Waals surface area contributed by atoms with E-state index in [4.69, 9.17) is 16.3 Å². The number of halogens is 1. The molecule has 0 aliphatic carbocycles. The molecule has 158 valence electrons. The first kappa shape index (κ1) is 21.6. The number of nitrogens with one attached hydrogen (secondary N) is 1. The molecule has 0 radical (unpaired) electrons. The number of hydrogen-bond acceptors (Lipinski definition) is 5. The first-order valence-corrected chi connectivity index (χ1v) is 11.2. The number of urea groups is 1. The van der Waals surface area contributed by atoms with Crippen LogP contribution in [-0.2, 0) is 14.8 Å². The van der Waals surface area contributed by atoms with Gasteiger partial charge in [0.1, 0.15) is 10.7 Å². The van der Waals surface area contributed by atoms with Crippen molar-refractivity contribution < 1.29 is 17.9 Å². The Morgan fingerprint density at radius 3 is 2.62 bits per heavy atom. The number of carbonyl (C=O) groups excluding carboxylic acids is 1. The Hall–Kier alpha value is -2.10. The molecule has 0 aromatic heterocycles. The Balaban J connectivity index is 1.75. The molecule has 2 aliphatic rings. The van der Waals surface area contributed by atoms with E-state index in [0.29, 0.717) is 61.3 Å². The zero-order valence-corrected chi connectivity index (χ0v) is 18.1. The summed E-state index contributed by atoms with van der Waals surface area (Å²) in [6.07, 6.45) is 0.723. The summed E-state index contributed by atoms with van der Waals surface area (Å²) < 4.78 is 34.4. The highest BCUT2D eigenvalue weighted by molar-refractivity contribution is 8.00. The number of nitrogens with zero attached hydrogens (tertiary/aromatic N) is 3. The van der Waals surface area contributed by atoms with Gasteiger partial charge in [-0.3, -0.25) is 0 Å². The maximum absolute atomic E-state index is 12.7. The average Bonchev–Trinajstić information content (AvgIpc) is 2.84. The molecular weight excluding hydrogens is 416 g/mol. The van der Waals surface area contributed by atoms with Gasteiger partial charge in [-0.25, -0.2) is 4.79 Å². The van der Waals surface area contributed by atoms with Gasteiger partial charge in [0.25, 0.3) is 10.0 Å². The zero-order chi connectivity index (χ0) is 21.0. The second-order valence-corrected chi connectivity index (χ2v) is 8.88. The summed E-state index contributed by atoms with van der Waals surface area (Å²) in [5.41, 5.74) is 1.19. The summed E-state index contributed by atoms with van der Waals surface area (Å²) >= 11 is 5.93. The van der Waals surface area contributed by atoms with Crippen molar-refractivity contribution in [3.63, 3.8) is 0 Å². The van der Waals surface area contributed by atoms with Crippen LogP contribution in [0.2, 0.25) is 5.02 Å². The fourth-order valence-electron chi connectivity index (χ4n) is 3.49. The lowest BCUT2D eigenvalue weighted by atomic mass is 10.1. The normalized spacial score (nSPS) is 19.2. The maximum Gasteiger partial charge on any atom is 0.317 e. The van der Waals surface area contributed by atoms with Crippen LogP contribution in [0.25, 0.3) is 4.91 Å². The Kier molecular flexibility index (Phi) is 6.81. The SMILES string of the molecule is COCCNC(=O)N1CCCN(C2=NS(=O)(=O)C(c3ccc(Cl)cc3)=C2C)CC1. The fraction of sp³-hybridized carbons (Fsp3) is 0.474. The molecule has 0 saturated carbocycles. The van der Waals surface area contributed by atoms with Crippen LogP contribution in [-0.4, -0.2) is 76.5 Å². The van der Waals surface area contributed by atoms with E-state index in [1.165, 1.54) is 0 Å². The first-order valence-electron chi connectivity index (χ1n) is 9.42. The van der Waals surface area contributed by atoms with Crippen molar-refractivity contribution in [3.8, 4) is 0 Å². The predicted octanol–water partition coefficient (Wildman–Crippen LogP) is 2.18. The number of methoxy groups -OCH3 is 1. The van der Waals surface area contributed by atoms with Gasteiger partial charge >= 0.3 is 6.03 Å². The molecule has 2 amide bonds. The molecule has 0 unspecified atom stereocenters. The van der Waals surface area contributed by atoms with E-state index in [9.17, 15) is 13.2 Å². The molecule has 29 heavy (non-hydrogen) atoms. The van der Waals surface area contributed by atoms with E-state index >= 15 is 0 Å². The molecule has 3 rings (SSSR count). The summed E-state index contributed by atoms with van der Waals surface area (Å²) in [6, 6.07) is 6.56. The largest absolute Gasteiger partial charge is 0.383 e. The molecule has 2 aliphatic heterocycles. The van der Waals surface area contributed by atoms with Crippen LogP contribution in [0.1, 0.15) is 18.9 Å². The molecule has 8 nitrogen and oxygen atoms in total. The van der Waals surface area contributed by atoms with Crippen molar-refractivity contribution in [1.29, 1.82) is 0 Å². The van der Waals surface area contributed by atoms with Gasteiger partial charge in [0, 0.05) is 50.4 Å². The zero-order valence-electron chi connectivity index (χ0n) is 16.5. The van der Waals surface area contributed by atoms with Gasteiger partial charge in [-0.05, 0) is 31.0 Å². The number of benzene rings is 1. The second-order valence-electron chi connectivity index (χ2n) is 6.90. The molecule has 1 N–H and O–H groups in total. The van der Waals surface area contributed by atoms with Gasteiger partial charge in [-0.1, -0.05) is 23.7 Å². The number of carbonyl (C=O) groups is 1. The van der Waals surface area contributed by atoms with Crippen LogP contribution < -0.4 is 5.32 Å². The minimum absolute atomic E-state index is 0.140. The number of hydrogen-bond donors (Lipinski definition) is 1. The summed E-state index contributed by atoms with van der Waals surface area (Å²) in [5.74, 6) is 0.455. The van der Waals surface area contributed by atoms with Crippen molar-refractivity contribution in [2.45, 2.75) is 13.3 Å². The molecule has 0 spiro atoms. The van der Waals surface area contributed by atoms with Gasteiger partial charge in [0.15, 0.2) is 0 Å². The molecule has 10 heteroatoms. The molecule has 0 atom stereocenters. The molecule has 0 bridgehead atoms. The van der Waals surface area contributed by atoms with Gasteiger partial charge in [0.2, 0.25) is 0 Å². The monoisotopic (exact) mass is 440 g/mol. The van der Waals surface area contributed by atoms with Crippen LogP contribution in [0.15, 0.2) is 34.2 Å². The number of sulfonamides is 1. The third kappa shape index (κ3) is 4.91. The minimum Gasteiger partial charge on any atom is -0.383 e. The van der Waals surface area contributed by atoms with E-state index < -0.39 is 10.0 Å². The Morgan fingerprint density at radius 1 is 1.21 bits per heavy atom. The molecule has 1 fully saturated rings. The third-order valence-corrected chi connectivity index (χ3v) is 6.64. The molecule has 2 heterocycles. The highest BCUT2D eigenvalue weighted by Crippen LogP contribution is 2.34. The standard InChI is InChI=1S/C19H25ClN4O4S/c1-14-17(15-4-6-16(20)7-5-15)29(26,27)22-18(14)23-9-3-10-24(12-11-23)19(25)21-8-13-28-2/h4-7H,3,8-13H2,1-2H3,(H,21,25). The van der Waals surface area contributed by atoms with E-state index in [1.54, 1.807) is 43.2 Å². The van der Waals surface area contributed by atoms with E-state index in [-0.39, 0.29) is 10.9 Å². The topological polar surface area (TPSA) is 91.3 Å². The second kappa shape index (κ2) is 9.15. The van der Waals surface area contributed by atoms with Crippen LogP contribution in [0.5, 0.6) is 0 Å². The van der Waals surface area contributed by atoms with Gasteiger partial charge < -0.3 is 19.9 Å². The van der Waals surface area contributed by atoms with Crippen LogP contribution in [0, 0.1) is 0 Å². The summed E-state index contributed by atoms with van der Waals surface area (Å²) in [7, 11) is -2.20. The summed E-state index contributed by atoms with van der Waals surface area (Å²) in [4.78, 5) is 16.2. The van der Waals surface area contributed by atoms with Gasteiger partial charge in [-0.15, -0.1) is 4.40 Å². The van der Waals surface area contributed by atoms with Gasteiger partial charge in [-0.2, -0.15) is 8.42 Å². The van der Waals surface area contributed by atoms with Crippen LogP contribution in [0.3, 0.4) is 0 Å². The molecule has 1 saturated heterocycles. The smallest absolute Gasteiger partial charge is 0.317 e. The van der Waals surface area contributed by atoms with Gasteiger partial charge in [0.05, 0.1) is 6.61 Å². The highest BCUT2D eigenvalue weighted by atomic mass is 35.5. The number of rotatable bonds is 4. The van der Waals surface area contributed by atoms with E-state index in [1.807, 2.05) is 4.90 Å². The Bertz CT molecular complexity index is 928. The van der Waals surface area contributed by atoms with Crippen molar-refractivity contribution in [2.75, 3.05) is 46.4 Å². The lowest BCUT2D eigenvalue weighted by Gasteiger charge is -2.24. The average molecular weight is 441 g/mol. The maximum atomic E-state index is 12.7. The summed E-state index contributed by atoms with van der Waals surface area (Å²) in [5, 5.41) is 3.36. The number of amides is 2. The Labute approximate surface area is 176 Å². The van der Waals surface area contributed by atoms with E-state index in [0.717, 1.165) is 6.42 Å². The van der Waals surface area contributed by atoms with E-state index in [2.05, 4.69) is 9.71 Å². The first-order chi connectivity index (χ1) is 13.8. The lowest BCUT2D eigenvalue weighted by molar-refractivity contribution is 0.181. The molecule has 1 aromatic rings. The van der Waals surface area contributed by atoms with Crippen LogP contribution in [0.4, 0.5) is 4.79 Å². The molecule has 1 aromatic carbocycles. The quantitative estimate of drug-likeness (QED) is 0.724. The highest BCUT2D eigenvalue weighted by Gasteiger charge is 2.34. The van der Waals surface area contributed by atoms with Crippen molar-refractivity contribution in [1.82, 2.24) is 15.1 Å². The van der Waals surface area contributed by atoms with Crippen molar-refractivity contribution in [2.24, 2.45) is 4.40 Å². The van der Waals surface area contributed by atoms with Crippen molar-refractivity contribution in [3.05, 3.63) is 40.4 Å². The van der Waals surface area contributed by atoms with Crippen molar-refractivity contribution >= 4 is 38.4 Å². The molecular formula is C19H25ClN4O4S.